The molecule has 0 spiro atoms. The van der Waals surface area contributed by atoms with Crippen molar-refractivity contribution in [2.24, 2.45) is 0 Å². The molecule has 1 heterocycles. The van der Waals surface area contributed by atoms with Crippen LogP contribution in [0.25, 0.3) is 6.08 Å². The van der Waals surface area contributed by atoms with Crippen LogP contribution >= 0.6 is 11.6 Å². The number of carbonyl (C=O) groups excluding carboxylic acids is 2. The van der Waals surface area contributed by atoms with Crippen molar-refractivity contribution in [2.75, 3.05) is 12.1 Å². The molecule has 2 aromatic carbocycles. The summed E-state index contributed by atoms with van der Waals surface area (Å²) < 4.78 is 5.23. The Labute approximate surface area is 138 Å². The Kier molecular flexibility index (Phi) is 4.04. The number of rotatable bonds is 3. The predicted molar refractivity (Wildman–Crippen MR) is 88.1 cm³/mol. The van der Waals surface area contributed by atoms with E-state index in [1.807, 2.05) is 12.1 Å². The monoisotopic (exact) mass is 328 g/mol. The fourth-order valence-corrected chi connectivity index (χ4v) is 2.40. The third-order valence-electron chi connectivity index (χ3n) is 3.42. The average molecular weight is 329 g/mol. The molecular formula is C17H13ClN2O3. The Bertz CT molecular complexity index is 800. The topological polar surface area (TPSA) is 58.6 Å². The summed E-state index contributed by atoms with van der Waals surface area (Å²) >= 11 is 5.84. The van der Waals surface area contributed by atoms with Gasteiger partial charge >= 0.3 is 0 Å². The lowest BCUT2D eigenvalue weighted by Crippen LogP contribution is -2.35. The first-order chi connectivity index (χ1) is 11.1. The highest BCUT2D eigenvalue weighted by atomic mass is 35.5. The molecule has 5 nitrogen and oxygen atoms in total. The number of hydrazine groups is 1. The summed E-state index contributed by atoms with van der Waals surface area (Å²) in [5.41, 5.74) is 3.78. The van der Waals surface area contributed by atoms with Crippen LogP contribution in [0.5, 0.6) is 5.75 Å². The minimum absolute atomic E-state index is 0.0458. The average Bonchev–Trinajstić information content (AvgIpc) is 2.84. The molecule has 23 heavy (non-hydrogen) atoms. The number of anilines is 1. The standard InChI is InChI=1S/C17H13ClN2O3/c1-23-15-5-3-2-4-11(15)10-14-16(21)19-20(17(14)22)13-8-6-12(18)7-9-13/h2-10H,1H3,(H,19,21)/b14-10+. The number of ether oxygens (including phenoxy) is 1. The van der Waals surface area contributed by atoms with Crippen LogP contribution in [0.4, 0.5) is 5.69 Å². The molecule has 116 valence electrons. The number of nitrogens with zero attached hydrogens (tertiary/aromatic N) is 1. The summed E-state index contributed by atoms with van der Waals surface area (Å²) in [6, 6.07) is 13.8. The molecule has 2 amide bonds. The minimum atomic E-state index is -0.462. The molecule has 6 heteroatoms. The van der Waals surface area contributed by atoms with Gasteiger partial charge in [-0.05, 0) is 36.4 Å². The zero-order valence-corrected chi connectivity index (χ0v) is 13.0. The second-order valence-corrected chi connectivity index (χ2v) is 5.29. The maximum atomic E-state index is 12.5. The van der Waals surface area contributed by atoms with Crippen LogP contribution < -0.4 is 15.2 Å². The van der Waals surface area contributed by atoms with Crippen LogP contribution in [-0.4, -0.2) is 18.9 Å². The first-order valence-corrected chi connectivity index (χ1v) is 7.23. The first-order valence-electron chi connectivity index (χ1n) is 6.86. The van der Waals surface area contributed by atoms with Crippen molar-refractivity contribution < 1.29 is 14.3 Å². The molecule has 3 rings (SSSR count). The van der Waals surface area contributed by atoms with Crippen molar-refractivity contribution in [2.45, 2.75) is 0 Å². The normalized spacial score (nSPS) is 15.9. The van der Waals surface area contributed by atoms with Gasteiger partial charge in [-0.25, -0.2) is 5.01 Å². The van der Waals surface area contributed by atoms with Crippen molar-refractivity contribution >= 4 is 35.2 Å². The van der Waals surface area contributed by atoms with Gasteiger partial charge in [-0.3, -0.25) is 15.0 Å². The maximum Gasteiger partial charge on any atom is 0.282 e. The zero-order chi connectivity index (χ0) is 16.4. The van der Waals surface area contributed by atoms with Gasteiger partial charge in [-0.2, -0.15) is 0 Å². The van der Waals surface area contributed by atoms with E-state index >= 15 is 0 Å². The Morgan fingerprint density at radius 1 is 1.09 bits per heavy atom. The lowest BCUT2D eigenvalue weighted by molar-refractivity contribution is -0.117. The number of hydrogen-bond acceptors (Lipinski definition) is 3. The number of para-hydroxylation sites is 1. The number of halogens is 1. The van der Waals surface area contributed by atoms with E-state index in [-0.39, 0.29) is 5.57 Å². The lowest BCUT2D eigenvalue weighted by Gasteiger charge is -2.14. The Balaban J connectivity index is 1.95. The molecule has 1 fully saturated rings. The summed E-state index contributed by atoms with van der Waals surface area (Å²) in [5, 5.41) is 1.75. The molecule has 0 saturated carbocycles. The van der Waals surface area contributed by atoms with Crippen LogP contribution in [0.1, 0.15) is 5.56 Å². The number of amides is 2. The molecule has 1 aliphatic rings. The molecule has 0 aliphatic carbocycles. The molecule has 2 aromatic rings. The van der Waals surface area contributed by atoms with Gasteiger partial charge in [0.2, 0.25) is 0 Å². The van der Waals surface area contributed by atoms with Gasteiger partial charge in [0, 0.05) is 10.6 Å². The van der Waals surface area contributed by atoms with Crippen LogP contribution in [0, 0.1) is 0 Å². The highest BCUT2D eigenvalue weighted by Crippen LogP contribution is 2.25. The van der Waals surface area contributed by atoms with Crippen molar-refractivity contribution in [3.63, 3.8) is 0 Å². The number of benzene rings is 2. The SMILES string of the molecule is COc1ccccc1/C=C1\C(=O)NN(c2ccc(Cl)cc2)C1=O. The fraction of sp³-hybridized carbons (Fsp3) is 0.0588. The van der Waals surface area contributed by atoms with E-state index in [4.69, 9.17) is 16.3 Å². The van der Waals surface area contributed by atoms with E-state index in [1.165, 1.54) is 18.2 Å². The molecule has 0 aromatic heterocycles. The largest absolute Gasteiger partial charge is 0.496 e. The third kappa shape index (κ3) is 2.91. The van der Waals surface area contributed by atoms with Crippen LogP contribution in [0.3, 0.4) is 0 Å². The molecular weight excluding hydrogens is 316 g/mol. The second kappa shape index (κ2) is 6.14. The lowest BCUT2D eigenvalue weighted by atomic mass is 10.1. The second-order valence-electron chi connectivity index (χ2n) is 4.86. The molecule has 1 N–H and O–H groups in total. The minimum Gasteiger partial charge on any atom is -0.496 e. The zero-order valence-electron chi connectivity index (χ0n) is 12.2. The Morgan fingerprint density at radius 2 is 1.78 bits per heavy atom. The molecule has 1 aliphatic heterocycles. The summed E-state index contributed by atoms with van der Waals surface area (Å²) in [6.45, 7) is 0. The van der Waals surface area contributed by atoms with E-state index in [0.717, 1.165) is 0 Å². The van der Waals surface area contributed by atoms with Crippen LogP contribution in [0.15, 0.2) is 54.1 Å². The highest BCUT2D eigenvalue weighted by molar-refractivity contribution is 6.32. The van der Waals surface area contributed by atoms with E-state index in [9.17, 15) is 9.59 Å². The van der Waals surface area contributed by atoms with Gasteiger partial charge in [-0.15, -0.1) is 0 Å². The summed E-state index contributed by atoms with van der Waals surface area (Å²) in [6.07, 6.45) is 1.52. The van der Waals surface area contributed by atoms with Gasteiger partial charge in [0.25, 0.3) is 11.8 Å². The van der Waals surface area contributed by atoms with Crippen molar-refractivity contribution in [3.8, 4) is 5.75 Å². The van der Waals surface area contributed by atoms with E-state index in [1.54, 1.807) is 36.4 Å². The van der Waals surface area contributed by atoms with Crippen LogP contribution in [-0.2, 0) is 9.59 Å². The van der Waals surface area contributed by atoms with Gasteiger partial charge in [0.15, 0.2) is 0 Å². The Morgan fingerprint density at radius 3 is 2.48 bits per heavy atom. The summed E-state index contributed by atoms with van der Waals surface area (Å²) in [4.78, 5) is 24.6. The van der Waals surface area contributed by atoms with Crippen molar-refractivity contribution in [1.82, 2.24) is 5.43 Å². The quantitative estimate of drug-likeness (QED) is 0.696. The smallest absolute Gasteiger partial charge is 0.282 e. The van der Waals surface area contributed by atoms with Crippen molar-refractivity contribution in [3.05, 3.63) is 64.7 Å². The van der Waals surface area contributed by atoms with E-state index in [2.05, 4.69) is 5.43 Å². The van der Waals surface area contributed by atoms with Crippen LogP contribution in [0.2, 0.25) is 5.02 Å². The van der Waals surface area contributed by atoms with Gasteiger partial charge in [0.05, 0.1) is 12.8 Å². The molecule has 1 saturated heterocycles. The maximum absolute atomic E-state index is 12.5. The first kappa shape index (κ1) is 15.1. The molecule has 0 radical (unpaired) electrons. The summed E-state index contributed by atoms with van der Waals surface area (Å²) in [5.74, 6) is -0.301. The molecule has 0 unspecified atom stereocenters. The Hall–Kier alpha value is -2.79. The van der Waals surface area contributed by atoms with Gasteiger partial charge in [-0.1, -0.05) is 29.8 Å². The van der Waals surface area contributed by atoms with Crippen molar-refractivity contribution in [1.29, 1.82) is 0 Å². The molecule has 0 bridgehead atoms. The van der Waals surface area contributed by atoms with Gasteiger partial charge < -0.3 is 4.74 Å². The molecule has 0 atom stereocenters. The summed E-state index contributed by atoms with van der Waals surface area (Å²) in [7, 11) is 1.54. The number of carbonyl (C=O) groups is 2. The third-order valence-corrected chi connectivity index (χ3v) is 3.67. The van der Waals surface area contributed by atoms with Gasteiger partial charge in [0.1, 0.15) is 11.3 Å². The number of methoxy groups -OCH3 is 1. The highest BCUT2D eigenvalue weighted by Gasteiger charge is 2.34. The van der Waals surface area contributed by atoms with E-state index in [0.29, 0.717) is 22.0 Å². The van der Waals surface area contributed by atoms with E-state index < -0.39 is 11.8 Å². The number of nitrogens with one attached hydrogen (secondary N) is 1. The fourth-order valence-electron chi connectivity index (χ4n) is 2.27. The number of hydrogen-bond donors (Lipinski definition) is 1. The predicted octanol–water partition coefficient (Wildman–Crippen LogP) is 2.81.